The number of benzene rings is 2. The molecule has 0 fully saturated rings. The molecule has 0 aliphatic rings. The molecule has 118 valence electrons. The molecule has 3 rings (SSSR count). The van der Waals surface area contributed by atoms with Gasteiger partial charge in [0.05, 0.1) is 6.10 Å². The van der Waals surface area contributed by atoms with Gasteiger partial charge in [-0.25, -0.2) is 4.39 Å². The molecule has 0 saturated heterocycles. The van der Waals surface area contributed by atoms with Crippen molar-refractivity contribution in [2.24, 2.45) is 0 Å². The fourth-order valence-corrected chi connectivity index (χ4v) is 2.39. The summed E-state index contributed by atoms with van der Waals surface area (Å²) in [5.74, 6) is -0.874. The van der Waals surface area contributed by atoms with Gasteiger partial charge < -0.3 is 14.8 Å². The molecule has 0 spiro atoms. The SMILES string of the molecule is O=C(NCCC(O)c1ccccc1)c1cc2cccc(F)c2o1. The van der Waals surface area contributed by atoms with E-state index in [1.54, 1.807) is 12.1 Å². The first kappa shape index (κ1) is 15.2. The second-order valence-corrected chi connectivity index (χ2v) is 5.24. The molecule has 0 radical (unpaired) electrons. The Bertz CT molecular complexity index is 814. The highest BCUT2D eigenvalue weighted by Crippen LogP contribution is 2.22. The van der Waals surface area contributed by atoms with Crippen LogP contribution in [0.1, 0.15) is 28.6 Å². The summed E-state index contributed by atoms with van der Waals surface area (Å²) in [6.07, 6.45) is -0.269. The van der Waals surface area contributed by atoms with E-state index in [4.69, 9.17) is 4.42 Å². The van der Waals surface area contributed by atoms with Gasteiger partial charge in [-0.15, -0.1) is 0 Å². The van der Waals surface area contributed by atoms with Crippen LogP contribution >= 0.6 is 0 Å². The third-order valence-corrected chi connectivity index (χ3v) is 3.61. The summed E-state index contributed by atoms with van der Waals surface area (Å²) >= 11 is 0. The van der Waals surface area contributed by atoms with Crippen molar-refractivity contribution in [3.8, 4) is 0 Å². The topological polar surface area (TPSA) is 62.5 Å². The van der Waals surface area contributed by atoms with Crippen molar-refractivity contribution in [1.29, 1.82) is 0 Å². The van der Waals surface area contributed by atoms with E-state index in [-0.39, 0.29) is 17.9 Å². The van der Waals surface area contributed by atoms with E-state index in [0.29, 0.717) is 11.8 Å². The van der Waals surface area contributed by atoms with Crippen LogP contribution in [0.15, 0.2) is 59.0 Å². The standard InChI is InChI=1S/C18H16FNO3/c19-14-8-4-7-13-11-16(23-17(13)14)18(22)20-10-9-15(21)12-5-2-1-3-6-12/h1-8,11,15,21H,9-10H2,(H,20,22). The van der Waals surface area contributed by atoms with Gasteiger partial charge in [-0.3, -0.25) is 4.79 Å². The first-order valence-corrected chi connectivity index (χ1v) is 7.34. The minimum atomic E-state index is -0.649. The monoisotopic (exact) mass is 313 g/mol. The Morgan fingerprint density at radius 1 is 1.17 bits per heavy atom. The van der Waals surface area contributed by atoms with Crippen molar-refractivity contribution in [3.63, 3.8) is 0 Å². The zero-order chi connectivity index (χ0) is 16.2. The predicted molar refractivity (Wildman–Crippen MR) is 84.5 cm³/mol. The maximum atomic E-state index is 13.5. The van der Waals surface area contributed by atoms with Gasteiger partial charge in [-0.1, -0.05) is 42.5 Å². The molecular formula is C18H16FNO3. The minimum Gasteiger partial charge on any atom is -0.448 e. The number of para-hydroxylation sites is 1. The molecular weight excluding hydrogens is 297 g/mol. The van der Waals surface area contributed by atoms with Crippen molar-refractivity contribution < 1.29 is 18.7 Å². The zero-order valence-electron chi connectivity index (χ0n) is 12.3. The van der Waals surface area contributed by atoms with Crippen LogP contribution < -0.4 is 5.32 Å². The van der Waals surface area contributed by atoms with E-state index in [2.05, 4.69) is 5.32 Å². The summed E-state index contributed by atoms with van der Waals surface area (Å²) in [6.45, 7) is 0.286. The number of nitrogens with one attached hydrogen (secondary N) is 1. The third-order valence-electron chi connectivity index (χ3n) is 3.61. The Morgan fingerprint density at radius 2 is 1.96 bits per heavy atom. The van der Waals surface area contributed by atoms with E-state index in [9.17, 15) is 14.3 Å². The number of furan rings is 1. The van der Waals surface area contributed by atoms with Crippen molar-refractivity contribution in [3.05, 3.63) is 71.7 Å². The lowest BCUT2D eigenvalue weighted by atomic mass is 10.1. The molecule has 2 N–H and O–H groups in total. The van der Waals surface area contributed by atoms with Crippen molar-refractivity contribution in [1.82, 2.24) is 5.32 Å². The summed E-state index contributed by atoms with van der Waals surface area (Å²) in [5.41, 5.74) is 0.870. The average molecular weight is 313 g/mol. The Hall–Kier alpha value is -2.66. The summed E-state index contributed by atoms with van der Waals surface area (Å²) in [6, 6.07) is 15.2. The molecule has 1 heterocycles. The number of hydrogen-bond donors (Lipinski definition) is 2. The highest BCUT2D eigenvalue weighted by molar-refractivity contribution is 5.96. The van der Waals surface area contributed by atoms with Gasteiger partial charge in [-0.2, -0.15) is 0 Å². The Balaban J connectivity index is 1.59. The lowest BCUT2D eigenvalue weighted by Crippen LogP contribution is -2.25. The van der Waals surface area contributed by atoms with E-state index in [1.165, 1.54) is 12.1 Å². The molecule has 0 aliphatic heterocycles. The number of amides is 1. The van der Waals surface area contributed by atoms with Crippen molar-refractivity contribution >= 4 is 16.9 Å². The highest BCUT2D eigenvalue weighted by atomic mass is 19.1. The van der Waals surface area contributed by atoms with Crippen LogP contribution in [0.4, 0.5) is 4.39 Å². The lowest BCUT2D eigenvalue weighted by Gasteiger charge is -2.10. The minimum absolute atomic E-state index is 0.0549. The second-order valence-electron chi connectivity index (χ2n) is 5.24. The summed E-state index contributed by atoms with van der Waals surface area (Å²) < 4.78 is 18.8. The van der Waals surface area contributed by atoms with Crippen LogP contribution in [0.5, 0.6) is 0 Å². The van der Waals surface area contributed by atoms with E-state index in [0.717, 1.165) is 5.56 Å². The van der Waals surface area contributed by atoms with Gasteiger partial charge in [0.25, 0.3) is 5.91 Å². The molecule has 23 heavy (non-hydrogen) atoms. The van der Waals surface area contributed by atoms with E-state index in [1.807, 2.05) is 30.3 Å². The van der Waals surface area contributed by atoms with Gasteiger partial charge in [-0.05, 0) is 24.1 Å². The Morgan fingerprint density at radius 3 is 2.70 bits per heavy atom. The van der Waals surface area contributed by atoms with Crippen molar-refractivity contribution in [2.45, 2.75) is 12.5 Å². The molecule has 1 aromatic heterocycles. The van der Waals surface area contributed by atoms with Crippen LogP contribution in [0.3, 0.4) is 0 Å². The maximum Gasteiger partial charge on any atom is 0.287 e. The molecule has 0 bridgehead atoms. The lowest BCUT2D eigenvalue weighted by molar-refractivity contribution is 0.0917. The van der Waals surface area contributed by atoms with Crippen LogP contribution in [0.25, 0.3) is 11.0 Å². The molecule has 3 aromatic rings. The van der Waals surface area contributed by atoms with Crippen molar-refractivity contribution in [2.75, 3.05) is 6.54 Å². The molecule has 1 atom stereocenters. The normalized spacial score (nSPS) is 12.3. The largest absolute Gasteiger partial charge is 0.448 e. The number of fused-ring (bicyclic) bond motifs is 1. The van der Waals surface area contributed by atoms with E-state index >= 15 is 0 Å². The first-order chi connectivity index (χ1) is 11.1. The van der Waals surface area contributed by atoms with Gasteiger partial charge in [0, 0.05) is 11.9 Å². The number of carbonyl (C=O) groups is 1. The van der Waals surface area contributed by atoms with Gasteiger partial charge in [0.1, 0.15) is 0 Å². The van der Waals surface area contributed by atoms with Crippen LogP contribution in [0.2, 0.25) is 0 Å². The number of hydrogen-bond acceptors (Lipinski definition) is 3. The zero-order valence-corrected chi connectivity index (χ0v) is 12.3. The molecule has 2 aromatic carbocycles. The molecule has 1 unspecified atom stereocenters. The van der Waals surface area contributed by atoms with Gasteiger partial charge in [0.2, 0.25) is 0 Å². The molecule has 0 saturated carbocycles. The van der Waals surface area contributed by atoms with Gasteiger partial charge in [0.15, 0.2) is 17.2 Å². The number of rotatable bonds is 5. The van der Waals surface area contributed by atoms with Crippen LogP contribution in [-0.2, 0) is 0 Å². The Labute approximate surface area is 132 Å². The summed E-state index contributed by atoms with van der Waals surface area (Å²) in [7, 11) is 0. The van der Waals surface area contributed by atoms with Gasteiger partial charge >= 0.3 is 0 Å². The van der Waals surface area contributed by atoms with Crippen LogP contribution in [-0.4, -0.2) is 17.6 Å². The molecule has 0 aliphatic carbocycles. The molecule has 4 nitrogen and oxygen atoms in total. The third kappa shape index (κ3) is 3.40. The smallest absolute Gasteiger partial charge is 0.287 e. The van der Waals surface area contributed by atoms with Crippen LogP contribution in [0, 0.1) is 5.82 Å². The van der Waals surface area contributed by atoms with E-state index < -0.39 is 17.8 Å². The maximum absolute atomic E-state index is 13.5. The number of carbonyl (C=O) groups excluding carboxylic acids is 1. The molecule has 1 amide bonds. The first-order valence-electron chi connectivity index (χ1n) is 7.34. The quantitative estimate of drug-likeness (QED) is 0.758. The summed E-state index contributed by atoms with van der Waals surface area (Å²) in [5, 5.41) is 13.2. The fraction of sp³-hybridized carbons (Fsp3) is 0.167. The molecule has 5 heteroatoms. The summed E-state index contributed by atoms with van der Waals surface area (Å²) in [4.78, 5) is 12.0. The second kappa shape index (κ2) is 6.62. The predicted octanol–water partition coefficient (Wildman–Crippen LogP) is 3.43. The average Bonchev–Trinajstić information content (AvgIpc) is 3.01. The highest BCUT2D eigenvalue weighted by Gasteiger charge is 2.15. The number of aliphatic hydroxyl groups excluding tert-OH is 1. The Kier molecular flexibility index (Phi) is 4.39. The fourth-order valence-electron chi connectivity index (χ4n) is 2.39. The number of aliphatic hydroxyl groups is 1. The number of halogens is 1.